The predicted octanol–water partition coefficient (Wildman–Crippen LogP) is 3.83. The van der Waals surface area contributed by atoms with Crippen LogP contribution in [-0.4, -0.2) is 42.9 Å². The van der Waals surface area contributed by atoms with E-state index in [1.165, 1.54) is 5.56 Å². The molecule has 0 aromatic heterocycles. The molecule has 2 rings (SSSR count). The largest absolute Gasteiger partial charge is 0.494 e. The van der Waals surface area contributed by atoms with Gasteiger partial charge in [-0.1, -0.05) is 36.8 Å². The van der Waals surface area contributed by atoms with Crippen molar-refractivity contribution < 1.29 is 14.6 Å². The summed E-state index contributed by atoms with van der Waals surface area (Å²) in [5, 5.41) is 10.4. The Morgan fingerprint density at radius 2 is 1.52 bits per heavy atom. The van der Waals surface area contributed by atoms with Crippen LogP contribution in [0, 0.1) is 6.92 Å². The molecular formula is C21H29NO3. The number of aliphatic hydroxyl groups excluding tert-OH is 1. The van der Waals surface area contributed by atoms with Crippen molar-refractivity contribution in [3.63, 3.8) is 0 Å². The molecule has 0 unspecified atom stereocenters. The lowest BCUT2D eigenvalue weighted by molar-refractivity contribution is 0.106. The molecule has 1 atom stereocenters. The molecule has 0 bridgehead atoms. The van der Waals surface area contributed by atoms with Crippen molar-refractivity contribution in [2.75, 3.05) is 32.8 Å². The van der Waals surface area contributed by atoms with E-state index >= 15 is 0 Å². The zero-order chi connectivity index (χ0) is 18.1. The topological polar surface area (TPSA) is 41.9 Å². The second-order valence-electron chi connectivity index (χ2n) is 6.07. The fourth-order valence-electron chi connectivity index (χ4n) is 2.61. The quantitative estimate of drug-likeness (QED) is 0.712. The third-order valence-corrected chi connectivity index (χ3v) is 4.15. The van der Waals surface area contributed by atoms with Gasteiger partial charge in [-0.2, -0.15) is 0 Å². The van der Waals surface area contributed by atoms with Gasteiger partial charge in [0.25, 0.3) is 0 Å². The Morgan fingerprint density at radius 1 is 0.920 bits per heavy atom. The van der Waals surface area contributed by atoms with Gasteiger partial charge in [0.05, 0.1) is 12.7 Å². The molecule has 0 fully saturated rings. The van der Waals surface area contributed by atoms with Crippen LogP contribution in [0.3, 0.4) is 0 Å². The number of nitrogens with zero attached hydrogens (tertiary/aromatic N) is 1. The van der Waals surface area contributed by atoms with Gasteiger partial charge in [-0.25, -0.2) is 0 Å². The van der Waals surface area contributed by atoms with Crippen molar-refractivity contribution >= 4 is 0 Å². The van der Waals surface area contributed by atoms with Crippen molar-refractivity contribution in [1.82, 2.24) is 4.90 Å². The normalized spacial score (nSPS) is 12.2. The van der Waals surface area contributed by atoms with Crippen molar-refractivity contribution in [2.45, 2.75) is 26.9 Å². The number of rotatable bonds is 10. The van der Waals surface area contributed by atoms with Crippen LogP contribution in [0.1, 0.15) is 31.1 Å². The molecule has 1 N–H and O–H groups in total. The monoisotopic (exact) mass is 343 g/mol. The smallest absolute Gasteiger partial charge is 0.119 e. The van der Waals surface area contributed by atoms with Gasteiger partial charge in [-0.05, 0) is 50.2 Å². The van der Waals surface area contributed by atoms with Gasteiger partial charge in [0, 0.05) is 13.1 Å². The van der Waals surface area contributed by atoms with Crippen LogP contribution in [-0.2, 0) is 0 Å². The number of aryl methyl sites for hydroxylation is 1. The minimum Gasteiger partial charge on any atom is -0.494 e. The summed E-state index contributed by atoms with van der Waals surface area (Å²) < 4.78 is 11.2. The molecule has 0 saturated carbocycles. The lowest BCUT2D eigenvalue weighted by Crippen LogP contribution is -2.32. The molecule has 0 aliphatic rings. The van der Waals surface area contributed by atoms with Gasteiger partial charge < -0.3 is 14.6 Å². The maximum absolute atomic E-state index is 10.4. The Labute approximate surface area is 151 Å². The zero-order valence-electron chi connectivity index (χ0n) is 15.4. The first-order valence-corrected chi connectivity index (χ1v) is 8.95. The van der Waals surface area contributed by atoms with E-state index in [2.05, 4.69) is 11.8 Å². The van der Waals surface area contributed by atoms with Crippen LogP contribution in [0.25, 0.3) is 0 Å². The van der Waals surface area contributed by atoms with Crippen LogP contribution in [0.2, 0.25) is 0 Å². The van der Waals surface area contributed by atoms with Crippen LogP contribution < -0.4 is 9.47 Å². The molecule has 0 amide bonds. The lowest BCUT2D eigenvalue weighted by Gasteiger charge is -2.24. The number of aliphatic hydroxyl groups is 1. The summed E-state index contributed by atoms with van der Waals surface area (Å²) in [7, 11) is 0. The van der Waals surface area contributed by atoms with Crippen molar-refractivity contribution in [1.29, 1.82) is 0 Å². The molecule has 2 aromatic rings. The van der Waals surface area contributed by atoms with Gasteiger partial charge >= 0.3 is 0 Å². The van der Waals surface area contributed by atoms with Crippen LogP contribution >= 0.6 is 0 Å². The summed E-state index contributed by atoms with van der Waals surface area (Å²) in [5.41, 5.74) is 2.16. The predicted molar refractivity (Wildman–Crippen MR) is 101 cm³/mol. The van der Waals surface area contributed by atoms with E-state index in [0.717, 1.165) is 30.2 Å². The lowest BCUT2D eigenvalue weighted by atomic mass is 10.1. The van der Waals surface area contributed by atoms with Gasteiger partial charge in [-0.15, -0.1) is 0 Å². The fourth-order valence-corrected chi connectivity index (χ4v) is 2.61. The summed E-state index contributed by atoms with van der Waals surface area (Å²) in [6.07, 6.45) is -0.481. The highest BCUT2D eigenvalue weighted by Gasteiger charge is 2.12. The third-order valence-electron chi connectivity index (χ3n) is 4.15. The average Bonchev–Trinajstić information content (AvgIpc) is 2.63. The van der Waals surface area contributed by atoms with Gasteiger partial charge in [0.1, 0.15) is 18.1 Å². The minimum absolute atomic E-state index is 0.481. The second-order valence-corrected chi connectivity index (χ2v) is 6.07. The van der Waals surface area contributed by atoms with E-state index in [-0.39, 0.29) is 0 Å². The Bertz CT molecular complexity index is 610. The fraction of sp³-hybridized carbons (Fsp3) is 0.429. The summed E-state index contributed by atoms with van der Waals surface area (Å²) in [6, 6.07) is 15.7. The van der Waals surface area contributed by atoms with E-state index in [9.17, 15) is 5.11 Å². The van der Waals surface area contributed by atoms with E-state index in [0.29, 0.717) is 19.8 Å². The molecule has 0 aliphatic heterocycles. The number of benzene rings is 2. The molecular weight excluding hydrogens is 314 g/mol. The highest BCUT2D eigenvalue weighted by Crippen LogP contribution is 2.18. The first-order chi connectivity index (χ1) is 12.1. The van der Waals surface area contributed by atoms with E-state index in [1.54, 1.807) is 0 Å². The van der Waals surface area contributed by atoms with Gasteiger partial charge in [0.2, 0.25) is 0 Å². The maximum Gasteiger partial charge on any atom is 0.119 e. The molecule has 25 heavy (non-hydrogen) atoms. The Hall–Kier alpha value is -2.04. The molecule has 4 nitrogen and oxygen atoms in total. The average molecular weight is 343 g/mol. The number of hydrogen-bond donors (Lipinski definition) is 1. The Balaban J connectivity index is 1.78. The van der Waals surface area contributed by atoms with Gasteiger partial charge in [0.15, 0.2) is 0 Å². The van der Waals surface area contributed by atoms with Gasteiger partial charge in [-0.3, -0.25) is 4.90 Å². The Morgan fingerprint density at radius 3 is 2.08 bits per heavy atom. The maximum atomic E-state index is 10.4. The number of hydrogen-bond acceptors (Lipinski definition) is 4. The van der Waals surface area contributed by atoms with Crippen molar-refractivity contribution in [2.24, 2.45) is 0 Å². The van der Waals surface area contributed by atoms with Crippen LogP contribution in [0.4, 0.5) is 0 Å². The SMILES string of the molecule is CCOc1ccc(OCCN(CC)C[C@@H](O)c2ccc(C)cc2)cc1. The summed E-state index contributed by atoms with van der Waals surface area (Å²) in [6.45, 7) is 9.60. The molecule has 0 saturated heterocycles. The summed E-state index contributed by atoms with van der Waals surface area (Å²) in [4.78, 5) is 2.19. The number of ether oxygens (including phenoxy) is 2. The molecule has 0 radical (unpaired) electrons. The van der Waals surface area contributed by atoms with Crippen LogP contribution in [0.15, 0.2) is 48.5 Å². The van der Waals surface area contributed by atoms with E-state index in [4.69, 9.17) is 9.47 Å². The molecule has 0 heterocycles. The Kier molecular flexibility index (Phi) is 7.76. The summed E-state index contributed by atoms with van der Waals surface area (Å²) in [5.74, 6) is 1.69. The molecule has 4 heteroatoms. The van der Waals surface area contributed by atoms with Crippen LogP contribution in [0.5, 0.6) is 11.5 Å². The first kappa shape index (κ1) is 19.3. The van der Waals surface area contributed by atoms with Crippen molar-refractivity contribution in [3.8, 4) is 11.5 Å². The van der Waals surface area contributed by atoms with E-state index in [1.807, 2.05) is 62.4 Å². The third kappa shape index (κ3) is 6.40. The highest BCUT2D eigenvalue weighted by atomic mass is 16.5. The number of likely N-dealkylation sites (N-methyl/N-ethyl adjacent to an activating group) is 1. The van der Waals surface area contributed by atoms with E-state index < -0.39 is 6.10 Å². The molecule has 0 aliphatic carbocycles. The molecule has 2 aromatic carbocycles. The second kappa shape index (κ2) is 10.1. The standard InChI is InChI=1S/C21H29NO3/c1-4-22(16-21(23)18-8-6-17(3)7-9-18)14-15-25-20-12-10-19(11-13-20)24-5-2/h6-13,21,23H,4-5,14-16H2,1-3H3/t21-/m1/s1. The van der Waals surface area contributed by atoms with Crippen molar-refractivity contribution in [3.05, 3.63) is 59.7 Å². The zero-order valence-corrected chi connectivity index (χ0v) is 15.4. The summed E-state index contributed by atoms with van der Waals surface area (Å²) >= 11 is 0. The first-order valence-electron chi connectivity index (χ1n) is 8.95. The highest BCUT2D eigenvalue weighted by molar-refractivity contribution is 5.31. The molecule has 0 spiro atoms. The minimum atomic E-state index is -0.481. The molecule has 136 valence electrons.